The van der Waals surface area contributed by atoms with Crippen molar-refractivity contribution in [2.75, 3.05) is 0 Å². The van der Waals surface area contributed by atoms with Crippen LogP contribution in [-0.4, -0.2) is 8.42 Å². The molecule has 0 radical (unpaired) electrons. The third-order valence-electron chi connectivity index (χ3n) is 4.05. The number of fused-ring (bicyclic) bond motifs is 1. The van der Waals surface area contributed by atoms with E-state index in [1.165, 1.54) is 11.3 Å². The van der Waals surface area contributed by atoms with Gasteiger partial charge in [0.1, 0.15) is 10.6 Å². The van der Waals surface area contributed by atoms with Crippen molar-refractivity contribution in [2.24, 2.45) is 0 Å². The number of para-hydroxylation sites is 1. The van der Waals surface area contributed by atoms with Gasteiger partial charge in [-0.25, -0.2) is 0 Å². The molecule has 0 fully saturated rings. The van der Waals surface area contributed by atoms with E-state index in [9.17, 15) is 8.42 Å². The van der Waals surface area contributed by atoms with Crippen molar-refractivity contribution in [3.05, 3.63) is 87.8 Å². The summed E-state index contributed by atoms with van der Waals surface area (Å²) in [6, 6.07) is 17.9. The minimum atomic E-state index is -3.94. The van der Waals surface area contributed by atoms with Gasteiger partial charge in [0.25, 0.3) is 0 Å². The molecule has 0 saturated heterocycles. The second-order valence-corrected chi connectivity index (χ2v) is 8.46. The van der Waals surface area contributed by atoms with Gasteiger partial charge in [0.05, 0.1) is 4.88 Å². The molecule has 0 saturated carbocycles. The van der Waals surface area contributed by atoms with Crippen LogP contribution in [0.1, 0.15) is 16.0 Å². The van der Waals surface area contributed by atoms with Gasteiger partial charge in [0.2, 0.25) is 0 Å². The van der Waals surface area contributed by atoms with Crippen molar-refractivity contribution in [2.45, 2.75) is 18.2 Å². The third-order valence-corrected chi connectivity index (χ3v) is 6.19. The molecule has 2 heterocycles. The van der Waals surface area contributed by atoms with Gasteiger partial charge in [-0.05, 0) is 36.6 Å². The van der Waals surface area contributed by atoms with Crippen LogP contribution in [0.15, 0.2) is 76.7 Å². The fourth-order valence-corrected chi connectivity index (χ4v) is 4.41. The molecule has 2 aromatic carbocycles. The summed E-state index contributed by atoms with van der Waals surface area (Å²) in [7, 11) is -3.94. The molecule has 1 aliphatic rings. The number of aryl methyl sites for hydroxylation is 1. The monoisotopic (exact) mass is 384 g/mol. The first-order chi connectivity index (χ1) is 12.5. The molecule has 0 bridgehead atoms. The third kappa shape index (κ3) is 3.25. The lowest BCUT2D eigenvalue weighted by atomic mass is 10.1. The minimum absolute atomic E-state index is 0.125. The lowest BCUT2D eigenvalue weighted by Crippen LogP contribution is -2.15. The normalized spacial score (nSPS) is 13.9. The topological polar surface area (TPSA) is 52.6 Å². The molecule has 6 heteroatoms. The molecule has 0 atom stereocenters. The van der Waals surface area contributed by atoms with Crippen molar-refractivity contribution in [1.82, 2.24) is 0 Å². The first kappa shape index (κ1) is 16.9. The average Bonchev–Trinajstić information content (AvgIpc) is 3.15. The van der Waals surface area contributed by atoms with Crippen LogP contribution >= 0.6 is 11.3 Å². The van der Waals surface area contributed by atoms with Crippen molar-refractivity contribution < 1.29 is 17.3 Å². The lowest BCUT2D eigenvalue weighted by molar-refractivity contribution is 0.366. The molecular formula is C20H16O4S2. The van der Waals surface area contributed by atoms with Crippen molar-refractivity contribution in [3.63, 3.8) is 0 Å². The molecule has 0 spiro atoms. The summed E-state index contributed by atoms with van der Waals surface area (Å²) in [5.41, 5.74) is 1.87. The first-order valence-electron chi connectivity index (χ1n) is 8.07. The molecule has 0 unspecified atom stereocenters. The van der Waals surface area contributed by atoms with Gasteiger partial charge in [0, 0.05) is 12.0 Å². The van der Waals surface area contributed by atoms with E-state index < -0.39 is 10.1 Å². The molecule has 0 N–H and O–H groups in total. The summed E-state index contributed by atoms with van der Waals surface area (Å²) < 4.78 is 37.0. The van der Waals surface area contributed by atoms with E-state index in [1.54, 1.807) is 24.3 Å². The number of benzene rings is 2. The summed E-state index contributed by atoms with van der Waals surface area (Å²) >= 11 is 1.47. The summed E-state index contributed by atoms with van der Waals surface area (Å²) in [5, 5.41) is 1.91. The maximum atomic E-state index is 12.7. The van der Waals surface area contributed by atoms with E-state index in [0.29, 0.717) is 17.9 Å². The number of ether oxygens (including phenoxy) is 1. The smallest absolute Gasteiger partial charge is 0.339 e. The van der Waals surface area contributed by atoms with Crippen molar-refractivity contribution in [3.8, 4) is 5.75 Å². The van der Waals surface area contributed by atoms with Crippen LogP contribution in [0.3, 0.4) is 0 Å². The maximum absolute atomic E-state index is 12.7. The Kier molecular flexibility index (Phi) is 4.30. The van der Waals surface area contributed by atoms with Gasteiger partial charge in [-0.1, -0.05) is 42.0 Å². The van der Waals surface area contributed by atoms with E-state index in [2.05, 4.69) is 0 Å². The van der Waals surface area contributed by atoms with Crippen molar-refractivity contribution >= 4 is 27.2 Å². The highest BCUT2D eigenvalue weighted by molar-refractivity contribution is 7.86. The predicted molar refractivity (Wildman–Crippen MR) is 101 cm³/mol. The molecule has 3 aromatic rings. The molecular weight excluding hydrogens is 368 g/mol. The largest absolute Gasteiger partial charge is 0.452 e. The Morgan fingerprint density at radius 2 is 1.77 bits per heavy atom. The average molecular weight is 384 g/mol. The second-order valence-electron chi connectivity index (χ2n) is 5.97. The summed E-state index contributed by atoms with van der Waals surface area (Å²) in [6.45, 7) is 1.90. The van der Waals surface area contributed by atoms with E-state index in [4.69, 9.17) is 8.92 Å². The molecule has 4 rings (SSSR count). The van der Waals surface area contributed by atoms with Gasteiger partial charge in [-0.3, -0.25) is 0 Å². The highest BCUT2D eigenvalue weighted by atomic mass is 32.2. The van der Waals surface area contributed by atoms with Gasteiger partial charge < -0.3 is 8.92 Å². The van der Waals surface area contributed by atoms with E-state index >= 15 is 0 Å². The first-order valence-corrected chi connectivity index (χ1v) is 10.4. The molecule has 0 amide bonds. The fraction of sp³-hybridized carbons (Fsp3) is 0.100. The van der Waals surface area contributed by atoms with Crippen LogP contribution in [0.4, 0.5) is 0 Å². The van der Waals surface area contributed by atoms with Crippen LogP contribution in [0.5, 0.6) is 5.75 Å². The van der Waals surface area contributed by atoms with Crippen LogP contribution in [0.25, 0.3) is 5.76 Å². The number of rotatable bonds is 4. The Labute approximate surface area is 156 Å². The van der Waals surface area contributed by atoms with Crippen LogP contribution in [-0.2, 0) is 20.7 Å². The Morgan fingerprint density at radius 3 is 2.50 bits per heavy atom. The zero-order valence-electron chi connectivity index (χ0n) is 14.0. The Balaban J connectivity index is 1.75. The zero-order chi connectivity index (χ0) is 18.1. The van der Waals surface area contributed by atoms with Gasteiger partial charge in [-0.15, -0.1) is 11.3 Å². The number of thiophene rings is 1. The fourth-order valence-electron chi connectivity index (χ4n) is 2.72. The Morgan fingerprint density at radius 1 is 1.00 bits per heavy atom. The molecule has 1 aromatic heterocycles. The van der Waals surface area contributed by atoms with Crippen LogP contribution < -0.4 is 4.74 Å². The number of allylic oxidation sites excluding steroid dienone is 1. The quantitative estimate of drug-likeness (QED) is 0.608. The standard InChI is InChI=1S/C20H16O4S2/c1-14-8-10-16(11-9-14)26(21,22)24-18-13-15-5-2-3-6-17(15)23-20(18)19-7-4-12-25-19/h2-12H,13H2,1H3. The van der Waals surface area contributed by atoms with E-state index in [0.717, 1.165) is 21.8 Å². The minimum Gasteiger partial charge on any atom is -0.452 e. The van der Waals surface area contributed by atoms with Crippen molar-refractivity contribution in [1.29, 1.82) is 0 Å². The molecule has 4 nitrogen and oxygen atoms in total. The molecule has 0 aliphatic carbocycles. The zero-order valence-corrected chi connectivity index (χ0v) is 15.6. The highest BCUT2D eigenvalue weighted by Gasteiger charge is 2.27. The van der Waals surface area contributed by atoms with E-state index in [1.807, 2.05) is 48.7 Å². The molecule has 26 heavy (non-hydrogen) atoms. The summed E-state index contributed by atoms with van der Waals surface area (Å²) in [4.78, 5) is 0.952. The van der Waals surface area contributed by atoms with Crippen LogP contribution in [0.2, 0.25) is 0 Å². The highest BCUT2D eigenvalue weighted by Crippen LogP contribution is 2.37. The number of hydrogen-bond donors (Lipinski definition) is 0. The van der Waals surface area contributed by atoms with Gasteiger partial charge in [0.15, 0.2) is 11.5 Å². The SMILES string of the molecule is Cc1ccc(S(=O)(=O)OC2=C(c3cccs3)Oc3ccccc3C2)cc1. The lowest BCUT2D eigenvalue weighted by Gasteiger charge is -2.22. The number of hydrogen-bond acceptors (Lipinski definition) is 5. The molecule has 132 valence electrons. The molecule has 1 aliphatic heterocycles. The second kappa shape index (κ2) is 6.63. The maximum Gasteiger partial charge on any atom is 0.339 e. The summed E-state index contributed by atoms with van der Waals surface area (Å²) in [5.74, 6) is 1.47. The summed E-state index contributed by atoms with van der Waals surface area (Å²) in [6.07, 6.45) is 0.356. The van der Waals surface area contributed by atoms with Gasteiger partial charge >= 0.3 is 10.1 Å². The van der Waals surface area contributed by atoms with E-state index in [-0.39, 0.29) is 4.90 Å². The Bertz CT molecular complexity index is 1060. The van der Waals surface area contributed by atoms with Crippen LogP contribution in [0, 0.1) is 6.92 Å². The Hall–Kier alpha value is -2.57. The predicted octanol–water partition coefficient (Wildman–Crippen LogP) is 4.77. The van der Waals surface area contributed by atoms with Gasteiger partial charge in [-0.2, -0.15) is 8.42 Å².